The molecule has 0 aromatic carbocycles. The van der Waals surface area contributed by atoms with E-state index in [1.807, 2.05) is 0 Å². The van der Waals surface area contributed by atoms with Crippen LogP contribution in [0.2, 0.25) is 25.2 Å². The lowest BCUT2D eigenvalue weighted by molar-refractivity contribution is 0.387. The first kappa shape index (κ1) is 16.0. The molecule has 2 atom stereocenters. The fourth-order valence-corrected chi connectivity index (χ4v) is 5.43. The van der Waals surface area contributed by atoms with Crippen molar-refractivity contribution in [2.75, 3.05) is 0 Å². The minimum Gasteiger partial charge on any atom is -0.0917 e. The Kier molecular flexibility index (Phi) is 7.29. The third-order valence-corrected chi connectivity index (χ3v) is 7.69. The van der Waals surface area contributed by atoms with Crippen LogP contribution in [-0.4, -0.2) is 8.07 Å². The maximum Gasteiger partial charge on any atom is 0.0473 e. The predicted molar refractivity (Wildman–Crippen MR) is 87.0 cm³/mol. The molecule has 0 heterocycles. The molecule has 2 unspecified atom stereocenters. The fraction of sp³-hybridized carbons (Fsp3) is 0.882. The highest BCUT2D eigenvalue weighted by Gasteiger charge is 2.28. The van der Waals surface area contributed by atoms with Gasteiger partial charge in [-0.15, -0.1) is 0 Å². The van der Waals surface area contributed by atoms with Gasteiger partial charge in [-0.05, 0) is 31.2 Å². The fourth-order valence-electron chi connectivity index (χ4n) is 3.32. The zero-order valence-electron chi connectivity index (χ0n) is 13.2. The van der Waals surface area contributed by atoms with Crippen molar-refractivity contribution in [1.29, 1.82) is 0 Å². The average molecular weight is 267 g/mol. The molecule has 0 amide bonds. The first-order valence-corrected chi connectivity index (χ1v) is 11.7. The van der Waals surface area contributed by atoms with E-state index in [1.54, 1.807) is 0 Å². The van der Waals surface area contributed by atoms with Crippen LogP contribution < -0.4 is 0 Å². The van der Waals surface area contributed by atoms with Crippen LogP contribution in [-0.2, 0) is 0 Å². The topological polar surface area (TPSA) is 0 Å². The molecular formula is C17H34Si. The normalized spacial score (nSPS) is 28.4. The van der Waals surface area contributed by atoms with E-state index in [-0.39, 0.29) is 0 Å². The summed E-state index contributed by atoms with van der Waals surface area (Å²) in [7, 11) is -0.955. The van der Waals surface area contributed by atoms with E-state index in [4.69, 9.17) is 0 Å². The van der Waals surface area contributed by atoms with Crippen LogP contribution in [0.5, 0.6) is 0 Å². The molecule has 1 saturated carbocycles. The van der Waals surface area contributed by atoms with Crippen LogP contribution in [0, 0.1) is 5.92 Å². The molecule has 0 saturated heterocycles. The molecule has 106 valence electrons. The first-order chi connectivity index (χ1) is 8.54. The Morgan fingerprint density at radius 1 is 0.944 bits per heavy atom. The van der Waals surface area contributed by atoms with Crippen LogP contribution >= 0.6 is 0 Å². The standard InChI is InChI=1S/C17H34Si/c1-5-6-12-16-13-10-8-7-9-11-14-17(15-16)18(2,3)4/h5-6,16-17H,7-15H2,1-4H3. The van der Waals surface area contributed by atoms with E-state index < -0.39 is 8.07 Å². The van der Waals surface area contributed by atoms with Crippen molar-refractivity contribution in [3.05, 3.63) is 12.2 Å². The molecule has 0 aliphatic heterocycles. The van der Waals surface area contributed by atoms with E-state index in [2.05, 4.69) is 38.7 Å². The summed E-state index contributed by atoms with van der Waals surface area (Å²) in [5, 5.41) is 0. The third kappa shape index (κ3) is 6.22. The second kappa shape index (κ2) is 8.19. The lowest BCUT2D eigenvalue weighted by Crippen LogP contribution is -2.30. The van der Waals surface area contributed by atoms with Crippen LogP contribution in [0.15, 0.2) is 12.2 Å². The molecular weight excluding hydrogens is 232 g/mol. The lowest BCUT2D eigenvalue weighted by atomic mass is 9.89. The van der Waals surface area contributed by atoms with E-state index in [0.717, 1.165) is 11.5 Å². The Balaban J connectivity index is 2.62. The maximum atomic E-state index is 2.58. The molecule has 0 bridgehead atoms. The third-order valence-electron chi connectivity index (χ3n) is 4.71. The summed E-state index contributed by atoms with van der Waals surface area (Å²) in [6, 6.07) is 0. The highest BCUT2D eigenvalue weighted by molar-refractivity contribution is 6.77. The summed E-state index contributed by atoms with van der Waals surface area (Å²) in [6.45, 7) is 9.90. The summed E-state index contributed by atoms with van der Waals surface area (Å²) in [5.41, 5.74) is 1.06. The van der Waals surface area contributed by atoms with Gasteiger partial charge in [0.2, 0.25) is 0 Å². The van der Waals surface area contributed by atoms with Gasteiger partial charge in [0.15, 0.2) is 0 Å². The highest BCUT2D eigenvalue weighted by atomic mass is 28.3. The van der Waals surface area contributed by atoms with Crippen LogP contribution in [0.1, 0.15) is 64.7 Å². The van der Waals surface area contributed by atoms with Gasteiger partial charge in [0.25, 0.3) is 0 Å². The zero-order chi connectivity index (χ0) is 13.4. The van der Waals surface area contributed by atoms with Gasteiger partial charge < -0.3 is 0 Å². The van der Waals surface area contributed by atoms with E-state index in [0.29, 0.717) is 0 Å². The van der Waals surface area contributed by atoms with Gasteiger partial charge in [-0.25, -0.2) is 0 Å². The average Bonchev–Trinajstić information content (AvgIpc) is 2.32. The maximum absolute atomic E-state index is 2.58. The first-order valence-electron chi connectivity index (χ1n) is 8.15. The van der Waals surface area contributed by atoms with Crippen LogP contribution in [0.4, 0.5) is 0 Å². The van der Waals surface area contributed by atoms with E-state index >= 15 is 0 Å². The van der Waals surface area contributed by atoms with Crippen molar-refractivity contribution in [1.82, 2.24) is 0 Å². The Labute approximate surface area is 116 Å². The summed E-state index contributed by atoms with van der Waals surface area (Å²) < 4.78 is 0. The van der Waals surface area contributed by atoms with E-state index in [9.17, 15) is 0 Å². The minimum absolute atomic E-state index is 0.955. The van der Waals surface area contributed by atoms with Crippen LogP contribution in [0.25, 0.3) is 0 Å². The van der Waals surface area contributed by atoms with Crippen molar-refractivity contribution in [2.45, 2.75) is 89.9 Å². The molecule has 0 radical (unpaired) electrons. The summed E-state index contributed by atoms with van der Waals surface area (Å²) in [6.07, 6.45) is 17.9. The molecule has 1 aliphatic rings. The molecule has 0 nitrogen and oxygen atoms in total. The molecule has 1 rings (SSSR count). The summed E-state index contributed by atoms with van der Waals surface area (Å²) >= 11 is 0. The Hall–Kier alpha value is -0.0431. The van der Waals surface area contributed by atoms with Gasteiger partial charge in [0, 0.05) is 8.07 Å². The highest BCUT2D eigenvalue weighted by Crippen LogP contribution is 2.37. The van der Waals surface area contributed by atoms with Gasteiger partial charge in [-0.2, -0.15) is 0 Å². The number of hydrogen-bond donors (Lipinski definition) is 0. The number of rotatable bonds is 3. The second-order valence-electron chi connectivity index (χ2n) is 7.31. The van der Waals surface area contributed by atoms with Gasteiger partial charge >= 0.3 is 0 Å². The van der Waals surface area contributed by atoms with Gasteiger partial charge in [0.05, 0.1) is 0 Å². The molecule has 1 fully saturated rings. The second-order valence-corrected chi connectivity index (χ2v) is 12.9. The molecule has 18 heavy (non-hydrogen) atoms. The van der Waals surface area contributed by atoms with Gasteiger partial charge in [-0.3, -0.25) is 0 Å². The smallest absolute Gasteiger partial charge is 0.0473 e. The van der Waals surface area contributed by atoms with Gasteiger partial charge in [-0.1, -0.05) is 76.7 Å². The van der Waals surface area contributed by atoms with Crippen LogP contribution in [0.3, 0.4) is 0 Å². The molecule has 0 spiro atoms. The Morgan fingerprint density at radius 3 is 2.17 bits per heavy atom. The predicted octanol–water partition coefficient (Wildman–Crippen LogP) is 6.41. The summed E-state index contributed by atoms with van der Waals surface area (Å²) in [4.78, 5) is 0. The SMILES string of the molecule is CC=CCC1CCCCCCCC([Si](C)(C)C)C1. The van der Waals surface area contributed by atoms with E-state index in [1.165, 1.54) is 57.8 Å². The monoisotopic (exact) mass is 266 g/mol. The van der Waals surface area contributed by atoms with Crippen molar-refractivity contribution in [3.63, 3.8) is 0 Å². The number of hydrogen-bond acceptors (Lipinski definition) is 0. The molecule has 0 aromatic heterocycles. The Morgan fingerprint density at radius 2 is 1.56 bits per heavy atom. The van der Waals surface area contributed by atoms with Crippen molar-refractivity contribution < 1.29 is 0 Å². The molecule has 1 aliphatic carbocycles. The van der Waals surface area contributed by atoms with Crippen molar-refractivity contribution in [3.8, 4) is 0 Å². The Bertz CT molecular complexity index is 236. The summed E-state index contributed by atoms with van der Waals surface area (Å²) in [5.74, 6) is 0.969. The van der Waals surface area contributed by atoms with Crippen molar-refractivity contribution >= 4 is 8.07 Å². The minimum atomic E-state index is -0.955. The lowest BCUT2D eigenvalue weighted by Gasteiger charge is -2.33. The van der Waals surface area contributed by atoms with Gasteiger partial charge in [0.1, 0.15) is 0 Å². The molecule has 0 N–H and O–H groups in total. The number of allylic oxidation sites excluding steroid dienone is 2. The zero-order valence-corrected chi connectivity index (χ0v) is 14.2. The van der Waals surface area contributed by atoms with Crippen molar-refractivity contribution in [2.24, 2.45) is 5.92 Å². The quantitative estimate of drug-likeness (QED) is 0.409. The molecule has 1 heteroatoms. The molecule has 0 aromatic rings. The largest absolute Gasteiger partial charge is 0.0917 e.